The molecular formula is C22H16F4N2O2S. The van der Waals surface area contributed by atoms with Gasteiger partial charge in [-0.1, -0.05) is 24.3 Å². The zero-order valence-electron chi connectivity index (χ0n) is 15.9. The number of anilines is 2. The minimum absolute atomic E-state index is 0.0475. The number of amides is 2. The number of thioether (sulfide) groups is 1. The summed E-state index contributed by atoms with van der Waals surface area (Å²) in [6.07, 6.45) is -4.50. The van der Waals surface area contributed by atoms with E-state index in [9.17, 15) is 27.2 Å². The summed E-state index contributed by atoms with van der Waals surface area (Å²) in [6, 6.07) is 16.5. The Bertz CT molecular complexity index is 1100. The average molecular weight is 448 g/mol. The highest BCUT2D eigenvalue weighted by atomic mass is 32.2. The molecule has 3 rings (SSSR count). The lowest BCUT2D eigenvalue weighted by Gasteiger charge is -2.10. The van der Waals surface area contributed by atoms with Crippen LogP contribution >= 0.6 is 11.8 Å². The van der Waals surface area contributed by atoms with Crippen LogP contribution in [-0.2, 0) is 11.0 Å². The van der Waals surface area contributed by atoms with Crippen LogP contribution in [0.5, 0.6) is 0 Å². The first-order chi connectivity index (χ1) is 14.7. The van der Waals surface area contributed by atoms with E-state index in [4.69, 9.17) is 0 Å². The van der Waals surface area contributed by atoms with Gasteiger partial charge >= 0.3 is 6.18 Å². The molecule has 4 nitrogen and oxygen atoms in total. The first kappa shape index (κ1) is 22.4. The van der Waals surface area contributed by atoms with Crippen LogP contribution in [0.15, 0.2) is 77.7 Å². The fourth-order valence-electron chi connectivity index (χ4n) is 2.63. The summed E-state index contributed by atoms with van der Waals surface area (Å²) >= 11 is 1.14. The first-order valence-corrected chi connectivity index (χ1v) is 9.97. The van der Waals surface area contributed by atoms with Crippen LogP contribution < -0.4 is 10.6 Å². The number of carbonyl (C=O) groups excluding carboxylic acids is 2. The summed E-state index contributed by atoms with van der Waals surface area (Å²) in [5.74, 6) is -1.79. The maximum absolute atomic E-state index is 13.7. The SMILES string of the molecule is O=C(CSc1cccc(NC(=O)c2ccccc2F)c1)Nc1cccc(C(F)(F)F)c1. The largest absolute Gasteiger partial charge is 0.416 e. The van der Waals surface area contributed by atoms with Gasteiger partial charge in [0.25, 0.3) is 5.91 Å². The quantitative estimate of drug-likeness (QED) is 0.369. The molecule has 0 aliphatic carbocycles. The number of nitrogens with one attached hydrogen (secondary N) is 2. The first-order valence-electron chi connectivity index (χ1n) is 8.98. The standard InChI is InChI=1S/C22H16F4N2O2S/c23-19-10-2-1-9-18(19)21(30)28-16-7-4-8-17(12-16)31-13-20(29)27-15-6-3-5-14(11-15)22(24,25)26/h1-12H,13H2,(H,27,29)(H,28,30). The summed E-state index contributed by atoms with van der Waals surface area (Å²) in [6.45, 7) is 0. The predicted octanol–water partition coefficient (Wildman–Crippen LogP) is 5.83. The summed E-state index contributed by atoms with van der Waals surface area (Å²) in [7, 11) is 0. The number of alkyl halides is 3. The Balaban J connectivity index is 1.58. The molecule has 0 unspecified atom stereocenters. The van der Waals surface area contributed by atoms with Crippen molar-refractivity contribution in [2.45, 2.75) is 11.1 Å². The highest BCUT2D eigenvalue weighted by molar-refractivity contribution is 8.00. The van der Waals surface area contributed by atoms with Crippen molar-refractivity contribution in [3.05, 3.63) is 89.7 Å². The number of hydrogen-bond donors (Lipinski definition) is 2. The molecule has 0 radical (unpaired) electrons. The van der Waals surface area contributed by atoms with Gasteiger partial charge in [0.15, 0.2) is 0 Å². The van der Waals surface area contributed by atoms with Crippen molar-refractivity contribution in [3.8, 4) is 0 Å². The van der Waals surface area contributed by atoms with Gasteiger partial charge in [-0.2, -0.15) is 13.2 Å². The molecular weight excluding hydrogens is 432 g/mol. The second-order valence-corrected chi connectivity index (χ2v) is 7.43. The van der Waals surface area contributed by atoms with Crippen molar-refractivity contribution in [1.82, 2.24) is 0 Å². The molecule has 160 valence electrons. The molecule has 2 N–H and O–H groups in total. The number of carbonyl (C=O) groups is 2. The van der Waals surface area contributed by atoms with E-state index in [-0.39, 0.29) is 17.0 Å². The third-order valence-electron chi connectivity index (χ3n) is 4.05. The molecule has 3 aromatic carbocycles. The maximum Gasteiger partial charge on any atom is 0.416 e. The minimum Gasteiger partial charge on any atom is -0.325 e. The predicted molar refractivity (Wildman–Crippen MR) is 112 cm³/mol. The normalized spacial score (nSPS) is 11.1. The van der Waals surface area contributed by atoms with E-state index in [1.165, 1.54) is 30.3 Å². The van der Waals surface area contributed by atoms with Gasteiger partial charge in [0.1, 0.15) is 5.82 Å². The zero-order chi connectivity index (χ0) is 22.4. The molecule has 9 heteroatoms. The zero-order valence-corrected chi connectivity index (χ0v) is 16.7. The molecule has 2 amide bonds. The van der Waals surface area contributed by atoms with Crippen molar-refractivity contribution >= 4 is 35.0 Å². The summed E-state index contributed by atoms with van der Waals surface area (Å²) in [4.78, 5) is 25.0. The highest BCUT2D eigenvalue weighted by Gasteiger charge is 2.30. The molecule has 0 atom stereocenters. The maximum atomic E-state index is 13.7. The van der Waals surface area contributed by atoms with Crippen LogP contribution in [0.3, 0.4) is 0 Å². The third-order valence-corrected chi connectivity index (χ3v) is 5.05. The van der Waals surface area contributed by atoms with Crippen LogP contribution in [0.4, 0.5) is 28.9 Å². The summed E-state index contributed by atoms with van der Waals surface area (Å²) < 4.78 is 52.0. The second-order valence-electron chi connectivity index (χ2n) is 6.38. The smallest absolute Gasteiger partial charge is 0.325 e. The van der Waals surface area contributed by atoms with Crippen LogP contribution in [0, 0.1) is 5.82 Å². The fraction of sp³-hybridized carbons (Fsp3) is 0.0909. The monoisotopic (exact) mass is 448 g/mol. The second kappa shape index (κ2) is 9.65. The Kier molecular flexibility index (Phi) is 6.96. The van der Waals surface area contributed by atoms with E-state index in [0.717, 1.165) is 23.9 Å². The fourth-order valence-corrected chi connectivity index (χ4v) is 3.38. The molecule has 3 aromatic rings. The molecule has 0 saturated carbocycles. The van der Waals surface area contributed by atoms with Gasteiger partial charge in [0.2, 0.25) is 5.91 Å². The Morgan fingerprint density at radius 3 is 2.23 bits per heavy atom. The van der Waals surface area contributed by atoms with Crippen molar-refractivity contribution in [1.29, 1.82) is 0 Å². The van der Waals surface area contributed by atoms with E-state index < -0.39 is 29.4 Å². The molecule has 0 bridgehead atoms. The molecule has 31 heavy (non-hydrogen) atoms. The van der Waals surface area contributed by atoms with Crippen LogP contribution in [0.25, 0.3) is 0 Å². The van der Waals surface area contributed by atoms with Gasteiger partial charge in [-0.3, -0.25) is 9.59 Å². The third kappa shape index (κ3) is 6.32. The van der Waals surface area contributed by atoms with Gasteiger partial charge in [0.05, 0.1) is 16.9 Å². The Labute approximate surface area is 179 Å². The van der Waals surface area contributed by atoms with Gasteiger partial charge in [0, 0.05) is 16.3 Å². The van der Waals surface area contributed by atoms with E-state index in [1.54, 1.807) is 30.3 Å². The molecule has 0 fully saturated rings. The molecule has 0 heterocycles. The van der Waals surface area contributed by atoms with Crippen molar-refractivity contribution in [2.75, 3.05) is 16.4 Å². The molecule has 0 aliphatic rings. The topological polar surface area (TPSA) is 58.2 Å². The van der Waals surface area contributed by atoms with E-state index in [0.29, 0.717) is 10.6 Å². The van der Waals surface area contributed by atoms with Crippen molar-refractivity contribution in [2.24, 2.45) is 0 Å². The Hall–Kier alpha value is -3.33. The van der Waals surface area contributed by atoms with E-state index >= 15 is 0 Å². The van der Waals surface area contributed by atoms with Gasteiger partial charge in [-0.25, -0.2) is 4.39 Å². The van der Waals surface area contributed by atoms with E-state index in [2.05, 4.69) is 10.6 Å². The average Bonchev–Trinajstić information content (AvgIpc) is 2.72. The highest BCUT2D eigenvalue weighted by Crippen LogP contribution is 2.30. The lowest BCUT2D eigenvalue weighted by molar-refractivity contribution is -0.137. The van der Waals surface area contributed by atoms with Crippen molar-refractivity contribution < 1.29 is 27.2 Å². The summed E-state index contributed by atoms with van der Waals surface area (Å²) in [5.41, 5.74) is -0.486. The van der Waals surface area contributed by atoms with Gasteiger partial charge in [-0.15, -0.1) is 11.8 Å². The van der Waals surface area contributed by atoms with Gasteiger partial charge in [-0.05, 0) is 48.5 Å². The Morgan fingerprint density at radius 2 is 1.52 bits per heavy atom. The minimum atomic E-state index is -4.50. The van der Waals surface area contributed by atoms with Crippen LogP contribution in [0.1, 0.15) is 15.9 Å². The van der Waals surface area contributed by atoms with Crippen LogP contribution in [0.2, 0.25) is 0 Å². The lowest BCUT2D eigenvalue weighted by atomic mass is 10.2. The summed E-state index contributed by atoms with van der Waals surface area (Å²) in [5, 5.41) is 5.02. The molecule has 0 spiro atoms. The van der Waals surface area contributed by atoms with E-state index in [1.807, 2.05) is 0 Å². The van der Waals surface area contributed by atoms with Crippen LogP contribution in [-0.4, -0.2) is 17.6 Å². The van der Waals surface area contributed by atoms with Crippen molar-refractivity contribution in [3.63, 3.8) is 0 Å². The number of hydrogen-bond acceptors (Lipinski definition) is 3. The Morgan fingerprint density at radius 1 is 0.839 bits per heavy atom. The molecule has 0 aliphatic heterocycles. The number of rotatable bonds is 6. The molecule has 0 aromatic heterocycles. The lowest BCUT2D eigenvalue weighted by Crippen LogP contribution is -2.15. The number of halogens is 4. The number of benzene rings is 3. The van der Waals surface area contributed by atoms with Gasteiger partial charge < -0.3 is 10.6 Å². The molecule has 0 saturated heterocycles.